The number of fused-ring (bicyclic) bond motifs is 4. The van der Waals surface area contributed by atoms with E-state index in [9.17, 15) is 30.3 Å². The van der Waals surface area contributed by atoms with Crippen LogP contribution in [0.2, 0.25) is 0 Å². The highest BCUT2D eigenvalue weighted by Crippen LogP contribution is 2.89. The number of rotatable bonds is 4. The lowest BCUT2D eigenvalue weighted by atomic mass is 9.41. The van der Waals surface area contributed by atoms with Gasteiger partial charge in [-0.05, 0) is 90.8 Å². The molecule has 2 spiro atoms. The highest BCUT2D eigenvalue weighted by atomic mass is 16.7. The maximum absolute atomic E-state index is 12.7. The summed E-state index contributed by atoms with van der Waals surface area (Å²) in [4.78, 5) is 12.2. The van der Waals surface area contributed by atoms with Gasteiger partial charge in [-0.2, -0.15) is 0 Å². The first kappa shape index (κ1) is 35.5. The van der Waals surface area contributed by atoms with Crippen LogP contribution >= 0.6 is 0 Å². The maximum Gasteiger partial charge on any atom is 0.303 e. The summed E-state index contributed by atoms with van der Waals surface area (Å²) < 4.78 is 24.7. The van der Waals surface area contributed by atoms with Crippen LogP contribution in [0.4, 0.5) is 0 Å². The first-order chi connectivity index (χ1) is 22.1. The van der Waals surface area contributed by atoms with Crippen LogP contribution in [0, 0.1) is 56.2 Å². The SMILES string of the molecule is CC(=O)O[C@@H]([C@H]1C[C@@H](C)[C@H]2[C@@](O)(O1)[C@H](O)[C@@]1(C)[C@@H]3CC[C@H]4C(C)(C)[C@@H](O[C@@H]5OC[C@H](O)[C@H](O)[C@H]5O)CC[C@@]45C[C@@]35CC[C@]21C)C(C)(C)C. The van der Waals surface area contributed by atoms with Gasteiger partial charge in [-0.25, -0.2) is 0 Å². The average molecular weight is 679 g/mol. The zero-order valence-electron chi connectivity index (χ0n) is 30.6. The summed E-state index contributed by atoms with van der Waals surface area (Å²) in [6, 6.07) is 0. The van der Waals surface area contributed by atoms with E-state index < -0.39 is 59.5 Å². The monoisotopic (exact) mass is 678 g/mol. The lowest BCUT2D eigenvalue weighted by molar-refractivity contribution is -0.340. The molecule has 0 aromatic carbocycles. The second-order valence-corrected chi connectivity index (χ2v) is 19.5. The molecule has 0 aromatic rings. The van der Waals surface area contributed by atoms with Crippen LogP contribution < -0.4 is 0 Å². The Kier molecular flexibility index (Phi) is 8.03. The van der Waals surface area contributed by atoms with Gasteiger partial charge < -0.3 is 44.5 Å². The minimum atomic E-state index is -1.75. The molecule has 2 aliphatic heterocycles. The van der Waals surface area contributed by atoms with Crippen molar-refractivity contribution in [3.05, 3.63) is 0 Å². The molecule has 7 rings (SSSR count). The standard InChI is InChI=1S/C38H62O10/c1-19-16-22(29(32(3,4)5)46-20(2)39)48-38(44)28(19)34(8)14-15-37-18-36(37)13-12-25(47-30-27(42)26(41)21(40)17-45-30)33(6,7)23(36)10-11-24(37)35(34,9)31(38)43/h19,21-31,40-44H,10-18H2,1-9H3/t19-,21+,22-,23+,24+,25+,26+,27-,28-,29+,30+,31-,34-,35-,36-,37+,38-/m1/s1. The quantitative estimate of drug-likeness (QED) is 0.218. The van der Waals surface area contributed by atoms with Gasteiger partial charge in [0.2, 0.25) is 0 Å². The summed E-state index contributed by atoms with van der Waals surface area (Å²) in [5.74, 6) is -1.72. The van der Waals surface area contributed by atoms with E-state index in [1.54, 1.807) is 0 Å². The van der Waals surface area contributed by atoms with Gasteiger partial charge in [-0.3, -0.25) is 4.79 Å². The molecule has 2 heterocycles. The lowest BCUT2D eigenvalue weighted by Gasteiger charge is -2.63. The first-order valence-electron chi connectivity index (χ1n) is 18.7. The summed E-state index contributed by atoms with van der Waals surface area (Å²) in [5.41, 5.74) is -1.37. The third-order valence-corrected chi connectivity index (χ3v) is 16.0. The lowest BCUT2D eigenvalue weighted by Crippen LogP contribution is -2.61. The number of hydrogen-bond donors (Lipinski definition) is 5. The summed E-state index contributed by atoms with van der Waals surface area (Å²) >= 11 is 0. The molecule has 7 fully saturated rings. The van der Waals surface area contributed by atoms with Crippen molar-refractivity contribution in [2.45, 2.75) is 168 Å². The molecule has 0 unspecified atom stereocenters. The highest BCUT2D eigenvalue weighted by Gasteiger charge is 2.86. The normalized spacial score (nSPS) is 56.1. The molecule has 0 aromatic heterocycles. The van der Waals surface area contributed by atoms with Crippen molar-refractivity contribution in [1.82, 2.24) is 0 Å². The van der Waals surface area contributed by atoms with Crippen LogP contribution in [0.3, 0.4) is 0 Å². The number of aliphatic hydroxyl groups is 5. The number of carbonyl (C=O) groups excluding carboxylic acids is 1. The fourth-order valence-electron chi connectivity index (χ4n) is 14.0. The van der Waals surface area contributed by atoms with Gasteiger partial charge in [0.25, 0.3) is 0 Å². The van der Waals surface area contributed by atoms with Crippen molar-refractivity contribution in [2.75, 3.05) is 6.61 Å². The molecule has 2 saturated heterocycles. The third kappa shape index (κ3) is 4.42. The molecule has 17 atom stereocenters. The Bertz CT molecular complexity index is 1300. The Balaban J connectivity index is 1.17. The highest BCUT2D eigenvalue weighted by molar-refractivity contribution is 5.66. The van der Waals surface area contributed by atoms with E-state index in [2.05, 4.69) is 34.6 Å². The summed E-state index contributed by atoms with van der Waals surface area (Å²) in [5, 5.41) is 56.1. The van der Waals surface area contributed by atoms with Gasteiger partial charge in [0.1, 0.15) is 30.5 Å². The summed E-state index contributed by atoms with van der Waals surface area (Å²) in [7, 11) is 0. The van der Waals surface area contributed by atoms with E-state index in [4.69, 9.17) is 18.9 Å². The second-order valence-electron chi connectivity index (χ2n) is 19.5. The topological polar surface area (TPSA) is 155 Å². The van der Waals surface area contributed by atoms with Gasteiger partial charge in [0, 0.05) is 23.7 Å². The van der Waals surface area contributed by atoms with Crippen LogP contribution in [-0.2, 0) is 23.7 Å². The van der Waals surface area contributed by atoms with Crippen molar-refractivity contribution < 1.29 is 49.3 Å². The number of esters is 1. The van der Waals surface area contributed by atoms with Crippen LogP contribution in [0.15, 0.2) is 0 Å². The van der Waals surface area contributed by atoms with Crippen LogP contribution in [-0.4, -0.2) is 92.9 Å². The zero-order valence-corrected chi connectivity index (χ0v) is 30.6. The predicted octanol–water partition coefficient (Wildman–Crippen LogP) is 3.92. The summed E-state index contributed by atoms with van der Waals surface area (Å²) in [6.07, 6.45) is 0.354. The zero-order chi connectivity index (χ0) is 35.2. The van der Waals surface area contributed by atoms with E-state index in [1.807, 2.05) is 20.8 Å². The largest absolute Gasteiger partial charge is 0.459 e. The molecular formula is C38H62O10. The smallest absolute Gasteiger partial charge is 0.303 e. The maximum atomic E-state index is 12.7. The molecule has 10 heteroatoms. The van der Waals surface area contributed by atoms with E-state index >= 15 is 0 Å². The molecule has 10 nitrogen and oxygen atoms in total. The van der Waals surface area contributed by atoms with E-state index in [0.29, 0.717) is 12.3 Å². The van der Waals surface area contributed by atoms with Crippen LogP contribution in [0.25, 0.3) is 0 Å². The number of carbonyl (C=O) groups is 1. The van der Waals surface area contributed by atoms with Gasteiger partial charge in [-0.15, -0.1) is 0 Å². The van der Waals surface area contributed by atoms with Crippen molar-refractivity contribution in [3.8, 4) is 0 Å². The Morgan fingerprint density at radius 3 is 2.21 bits per heavy atom. The molecule has 274 valence electrons. The minimum Gasteiger partial charge on any atom is -0.459 e. The Morgan fingerprint density at radius 2 is 1.56 bits per heavy atom. The molecule has 7 aliphatic rings. The molecule has 5 aliphatic carbocycles. The van der Waals surface area contributed by atoms with Crippen molar-refractivity contribution in [2.24, 2.45) is 56.2 Å². The Morgan fingerprint density at radius 1 is 0.917 bits per heavy atom. The molecule has 5 saturated carbocycles. The summed E-state index contributed by atoms with van der Waals surface area (Å²) in [6.45, 7) is 18.7. The van der Waals surface area contributed by atoms with E-state index in [0.717, 1.165) is 44.9 Å². The van der Waals surface area contributed by atoms with Crippen LogP contribution in [0.5, 0.6) is 0 Å². The Labute approximate surface area is 286 Å². The van der Waals surface area contributed by atoms with Crippen molar-refractivity contribution in [3.63, 3.8) is 0 Å². The molecule has 0 radical (unpaired) electrons. The number of hydrogen-bond acceptors (Lipinski definition) is 10. The van der Waals surface area contributed by atoms with Crippen molar-refractivity contribution in [1.29, 1.82) is 0 Å². The first-order valence-corrected chi connectivity index (χ1v) is 18.7. The Hall–Kier alpha value is -0.850. The van der Waals surface area contributed by atoms with Gasteiger partial charge in [0.15, 0.2) is 12.1 Å². The number of aliphatic hydroxyl groups excluding tert-OH is 4. The van der Waals surface area contributed by atoms with E-state index in [1.165, 1.54) is 6.92 Å². The predicted molar refractivity (Wildman–Crippen MR) is 175 cm³/mol. The molecular weight excluding hydrogens is 616 g/mol. The minimum absolute atomic E-state index is 0.0534. The van der Waals surface area contributed by atoms with Gasteiger partial charge >= 0.3 is 5.97 Å². The van der Waals surface area contributed by atoms with E-state index in [-0.39, 0.29) is 58.1 Å². The molecule has 48 heavy (non-hydrogen) atoms. The average Bonchev–Trinajstić information content (AvgIpc) is 3.62. The van der Waals surface area contributed by atoms with Gasteiger partial charge in [0.05, 0.1) is 18.8 Å². The third-order valence-electron chi connectivity index (χ3n) is 16.0. The fourth-order valence-corrected chi connectivity index (χ4v) is 14.0. The van der Waals surface area contributed by atoms with Gasteiger partial charge in [-0.1, -0.05) is 55.4 Å². The number of ether oxygens (including phenoxy) is 4. The molecule has 5 N–H and O–H groups in total. The fraction of sp³-hybridized carbons (Fsp3) is 0.974. The molecule has 0 bridgehead atoms. The van der Waals surface area contributed by atoms with Crippen LogP contribution in [0.1, 0.15) is 114 Å². The second kappa shape index (κ2) is 10.8. The molecule has 0 amide bonds. The van der Waals surface area contributed by atoms with Crippen molar-refractivity contribution >= 4 is 5.97 Å².